The Bertz CT molecular complexity index is 314. The number of piperazine rings is 1. The second-order valence-electron chi connectivity index (χ2n) is 5.59. The van der Waals surface area contributed by atoms with Gasteiger partial charge in [0.15, 0.2) is 0 Å². The van der Waals surface area contributed by atoms with Gasteiger partial charge in [0.05, 0.1) is 13.2 Å². The number of carbonyl (C=O) groups excluding carboxylic acids is 1. The number of hydrogen-bond acceptors (Lipinski definition) is 6. The van der Waals surface area contributed by atoms with Crippen molar-refractivity contribution in [1.82, 2.24) is 20.0 Å². The lowest BCUT2D eigenvalue weighted by molar-refractivity contribution is -0.251. The molecule has 7 nitrogen and oxygen atoms in total. The summed E-state index contributed by atoms with van der Waals surface area (Å²) >= 11 is 0. The van der Waals surface area contributed by atoms with Crippen LogP contribution in [-0.4, -0.2) is 97.4 Å². The number of carbonyl (C=O) groups is 1. The fourth-order valence-corrected chi connectivity index (χ4v) is 2.78. The summed E-state index contributed by atoms with van der Waals surface area (Å²) in [5.41, 5.74) is 0. The highest BCUT2D eigenvalue weighted by Gasteiger charge is 2.25. The van der Waals surface area contributed by atoms with Crippen LogP contribution in [0, 0.1) is 0 Å². The van der Waals surface area contributed by atoms with E-state index in [2.05, 4.69) is 20.0 Å². The van der Waals surface area contributed by atoms with Gasteiger partial charge in [0.25, 0.3) is 0 Å². The van der Waals surface area contributed by atoms with Crippen LogP contribution in [0.3, 0.4) is 0 Å². The lowest BCUT2D eigenvalue weighted by Gasteiger charge is -2.37. The zero-order valence-electron chi connectivity index (χ0n) is 12.3. The summed E-state index contributed by atoms with van der Waals surface area (Å²) in [5, 5.41) is 12.0. The van der Waals surface area contributed by atoms with Gasteiger partial charge in [-0.15, -0.1) is 0 Å². The molecule has 1 amide bonds. The molecular formula is C13H26N4O3. The second kappa shape index (κ2) is 7.90. The molecule has 3 heterocycles. The van der Waals surface area contributed by atoms with Crippen LogP contribution in [-0.2, 0) is 9.68 Å². The van der Waals surface area contributed by atoms with E-state index in [1.165, 1.54) is 0 Å². The van der Waals surface area contributed by atoms with Gasteiger partial charge < -0.3 is 10.2 Å². The van der Waals surface area contributed by atoms with Gasteiger partial charge in [-0.1, -0.05) is 0 Å². The fourth-order valence-electron chi connectivity index (χ4n) is 2.78. The molecule has 2 N–H and O–H groups in total. The van der Waals surface area contributed by atoms with Crippen molar-refractivity contribution in [3.63, 3.8) is 0 Å². The zero-order chi connectivity index (χ0) is 14.4. The average Bonchev–Trinajstić information content (AvgIpc) is 2.41. The Morgan fingerprint density at radius 1 is 1.20 bits per heavy atom. The number of rotatable bonds is 3. The highest BCUT2D eigenvalue weighted by atomic mass is 17.1. The Kier molecular flexibility index (Phi) is 6.18. The Morgan fingerprint density at radius 2 is 1.95 bits per heavy atom. The molecule has 3 fully saturated rings. The minimum Gasteiger partial charge on any atom is -0.339 e. The van der Waals surface area contributed by atoms with E-state index in [-0.39, 0.29) is 11.9 Å². The van der Waals surface area contributed by atoms with Crippen molar-refractivity contribution in [3.05, 3.63) is 0 Å². The predicted octanol–water partition coefficient (Wildman–Crippen LogP) is -1.09. The molecule has 0 saturated carbocycles. The first-order chi connectivity index (χ1) is 9.70. The van der Waals surface area contributed by atoms with Crippen molar-refractivity contribution >= 4 is 5.91 Å². The summed E-state index contributed by atoms with van der Waals surface area (Å²) in [6.07, 6.45) is 0. The van der Waals surface area contributed by atoms with E-state index in [4.69, 9.17) is 5.26 Å². The normalized spacial score (nSPS) is 28.0. The second-order valence-corrected chi connectivity index (χ2v) is 5.59. The summed E-state index contributed by atoms with van der Waals surface area (Å²) in [5.74, 6) is 0.225. The summed E-state index contributed by atoms with van der Waals surface area (Å²) in [7, 11) is 0. The molecule has 0 aromatic carbocycles. The highest BCUT2D eigenvalue weighted by Crippen LogP contribution is 2.06. The lowest BCUT2D eigenvalue weighted by atomic mass is 10.2. The number of hydrogen-bond donors (Lipinski definition) is 2. The quantitative estimate of drug-likeness (QED) is 0.508. The van der Waals surface area contributed by atoms with Gasteiger partial charge in [-0.25, -0.2) is 4.89 Å². The van der Waals surface area contributed by atoms with E-state index in [0.717, 1.165) is 52.4 Å². The molecule has 2 bridgehead atoms. The minimum absolute atomic E-state index is 0.140. The van der Waals surface area contributed by atoms with E-state index in [1.54, 1.807) is 0 Å². The van der Waals surface area contributed by atoms with Crippen molar-refractivity contribution < 1.29 is 14.9 Å². The molecule has 2 unspecified atom stereocenters. The number of nitrogens with one attached hydrogen (secondary N) is 1. The number of nitrogens with zero attached hydrogens (tertiary/aromatic N) is 3. The third kappa shape index (κ3) is 4.39. The molecule has 3 aliphatic heterocycles. The first-order valence-electron chi connectivity index (χ1n) is 7.42. The van der Waals surface area contributed by atoms with Gasteiger partial charge in [0.1, 0.15) is 0 Å². The van der Waals surface area contributed by atoms with Crippen LogP contribution < -0.4 is 5.32 Å². The van der Waals surface area contributed by atoms with Gasteiger partial charge in [0, 0.05) is 58.4 Å². The maximum Gasteiger partial charge on any atom is 0.236 e. The zero-order valence-corrected chi connectivity index (χ0v) is 12.3. The molecule has 0 spiro atoms. The molecule has 20 heavy (non-hydrogen) atoms. The van der Waals surface area contributed by atoms with E-state index in [9.17, 15) is 4.79 Å². The molecule has 116 valence electrons. The Morgan fingerprint density at radius 3 is 2.70 bits per heavy atom. The molecule has 3 saturated heterocycles. The van der Waals surface area contributed by atoms with Crippen LogP contribution in [0.1, 0.15) is 6.92 Å². The molecule has 3 rings (SSSR count). The SMILES string of the molecule is CC(COO)N1CCNCCN2CCN(CC1)C(=O)C2. The Labute approximate surface area is 120 Å². The van der Waals surface area contributed by atoms with E-state index in [1.807, 2.05) is 11.8 Å². The minimum atomic E-state index is 0.140. The third-order valence-corrected chi connectivity index (χ3v) is 4.17. The van der Waals surface area contributed by atoms with Gasteiger partial charge >= 0.3 is 0 Å². The predicted molar refractivity (Wildman–Crippen MR) is 75.5 cm³/mol. The van der Waals surface area contributed by atoms with Crippen molar-refractivity contribution in [2.45, 2.75) is 13.0 Å². The number of amides is 1. The summed E-state index contributed by atoms with van der Waals surface area (Å²) in [4.78, 5) is 22.8. The van der Waals surface area contributed by atoms with Crippen LogP contribution in [0.15, 0.2) is 0 Å². The van der Waals surface area contributed by atoms with Gasteiger partial charge in [-0.05, 0) is 6.92 Å². The van der Waals surface area contributed by atoms with Gasteiger partial charge in [-0.2, -0.15) is 0 Å². The summed E-state index contributed by atoms with van der Waals surface area (Å²) in [6, 6.07) is 0.140. The molecular weight excluding hydrogens is 260 g/mol. The van der Waals surface area contributed by atoms with Crippen molar-refractivity contribution in [2.75, 3.05) is 65.5 Å². The molecule has 3 aliphatic rings. The first-order valence-corrected chi connectivity index (χ1v) is 7.42. The van der Waals surface area contributed by atoms with Gasteiger partial charge in [-0.3, -0.25) is 19.9 Å². The largest absolute Gasteiger partial charge is 0.339 e. The Hall–Kier alpha value is -0.730. The van der Waals surface area contributed by atoms with Crippen LogP contribution in [0.4, 0.5) is 0 Å². The van der Waals surface area contributed by atoms with E-state index in [0.29, 0.717) is 13.2 Å². The topological polar surface area (TPSA) is 68.3 Å². The maximum atomic E-state index is 12.1. The van der Waals surface area contributed by atoms with Crippen LogP contribution in [0.2, 0.25) is 0 Å². The Balaban J connectivity index is 1.94. The van der Waals surface area contributed by atoms with Crippen molar-refractivity contribution in [2.24, 2.45) is 0 Å². The van der Waals surface area contributed by atoms with Crippen molar-refractivity contribution in [3.8, 4) is 0 Å². The van der Waals surface area contributed by atoms with Crippen LogP contribution in [0.5, 0.6) is 0 Å². The lowest BCUT2D eigenvalue weighted by Crippen LogP contribution is -2.55. The third-order valence-electron chi connectivity index (χ3n) is 4.17. The smallest absolute Gasteiger partial charge is 0.236 e. The molecule has 2 atom stereocenters. The van der Waals surface area contributed by atoms with Crippen molar-refractivity contribution in [1.29, 1.82) is 0 Å². The molecule has 0 aliphatic carbocycles. The first kappa shape index (κ1) is 15.7. The molecule has 7 heteroatoms. The van der Waals surface area contributed by atoms with Gasteiger partial charge in [0.2, 0.25) is 5.91 Å². The monoisotopic (exact) mass is 286 g/mol. The van der Waals surface area contributed by atoms with Crippen LogP contribution >= 0.6 is 0 Å². The molecule has 0 radical (unpaired) electrons. The molecule has 0 aromatic rings. The number of fused-ring (bicyclic) bond motifs is 9. The maximum absolute atomic E-state index is 12.1. The highest BCUT2D eigenvalue weighted by molar-refractivity contribution is 5.79. The fraction of sp³-hybridized carbons (Fsp3) is 0.923. The van der Waals surface area contributed by atoms with E-state index >= 15 is 0 Å². The van der Waals surface area contributed by atoms with E-state index < -0.39 is 0 Å². The standard InChI is InChI=1S/C13H26N4O3/c1-12(11-20-19)16-5-3-14-2-4-15-6-7-17(9-8-16)13(18)10-15/h12,14,19H,2-11H2,1H3. The summed E-state index contributed by atoms with van der Waals surface area (Å²) < 4.78 is 0. The van der Waals surface area contributed by atoms with Crippen LogP contribution in [0.25, 0.3) is 0 Å². The summed E-state index contributed by atoms with van der Waals surface area (Å²) in [6.45, 7) is 9.85. The average molecular weight is 286 g/mol. The molecule has 0 aromatic heterocycles.